The Hall–Kier alpha value is -3.09. The molecule has 0 spiro atoms. The Morgan fingerprint density at radius 2 is 1.77 bits per heavy atom. The van der Waals surface area contributed by atoms with Gasteiger partial charge in [0.2, 0.25) is 0 Å². The third-order valence-corrected chi connectivity index (χ3v) is 4.31. The van der Waals surface area contributed by atoms with Crippen molar-refractivity contribution in [3.63, 3.8) is 0 Å². The SMILES string of the molecule is COC(=O)c1cccc(N2CCN(C(=O)Nc3ccccc3F)CC2)c1. The summed E-state index contributed by atoms with van der Waals surface area (Å²) in [5, 5.41) is 2.60. The fourth-order valence-corrected chi connectivity index (χ4v) is 2.87. The number of rotatable bonds is 3. The van der Waals surface area contributed by atoms with Crippen LogP contribution in [0.1, 0.15) is 10.4 Å². The molecule has 0 radical (unpaired) electrons. The number of ether oxygens (including phenoxy) is 1. The summed E-state index contributed by atoms with van der Waals surface area (Å²) in [5.74, 6) is -0.839. The average molecular weight is 357 g/mol. The van der Waals surface area contributed by atoms with Gasteiger partial charge in [-0.15, -0.1) is 0 Å². The molecule has 0 aliphatic carbocycles. The molecule has 1 aliphatic heterocycles. The van der Waals surface area contributed by atoms with Gasteiger partial charge in [0, 0.05) is 31.9 Å². The molecule has 2 amide bonds. The Morgan fingerprint density at radius 1 is 1.04 bits per heavy atom. The molecule has 1 N–H and O–H groups in total. The number of carbonyl (C=O) groups excluding carboxylic acids is 2. The number of urea groups is 1. The molecular weight excluding hydrogens is 337 g/mol. The lowest BCUT2D eigenvalue weighted by Gasteiger charge is -2.36. The number of nitrogens with zero attached hydrogens (tertiary/aromatic N) is 2. The lowest BCUT2D eigenvalue weighted by Crippen LogP contribution is -2.50. The number of methoxy groups -OCH3 is 1. The highest BCUT2D eigenvalue weighted by atomic mass is 19.1. The average Bonchev–Trinajstić information content (AvgIpc) is 2.69. The fraction of sp³-hybridized carbons (Fsp3) is 0.263. The van der Waals surface area contributed by atoms with Gasteiger partial charge in [-0.25, -0.2) is 14.0 Å². The van der Waals surface area contributed by atoms with E-state index in [4.69, 9.17) is 4.74 Å². The van der Waals surface area contributed by atoms with Crippen LogP contribution in [0.2, 0.25) is 0 Å². The van der Waals surface area contributed by atoms with Crippen molar-refractivity contribution in [2.45, 2.75) is 0 Å². The van der Waals surface area contributed by atoms with E-state index in [1.807, 2.05) is 6.07 Å². The third-order valence-electron chi connectivity index (χ3n) is 4.31. The standard InChI is InChI=1S/C19H20FN3O3/c1-26-18(24)14-5-4-6-15(13-14)22-9-11-23(12-10-22)19(25)21-17-8-3-2-7-16(17)20/h2-8,13H,9-12H2,1H3,(H,21,25). The number of para-hydroxylation sites is 1. The molecule has 3 rings (SSSR count). The highest BCUT2D eigenvalue weighted by Crippen LogP contribution is 2.19. The van der Waals surface area contributed by atoms with Crippen LogP contribution in [0.3, 0.4) is 0 Å². The van der Waals surface area contributed by atoms with E-state index in [1.165, 1.54) is 19.2 Å². The van der Waals surface area contributed by atoms with Crippen LogP contribution in [0.4, 0.5) is 20.6 Å². The first-order valence-corrected chi connectivity index (χ1v) is 8.32. The Labute approximate surface area is 151 Å². The van der Waals surface area contributed by atoms with Crippen LogP contribution < -0.4 is 10.2 Å². The first kappa shape index (κ1) is 17.7. The molecule has 0 aromatic heterocycles. The second-order valence-electron chi connectivity index (χ2n) is 5.93. The maximum Gasteiger partial charge on any atom is 0.337 e. The maximum absolute atomic E-state index is 13.7. The number of nitrogens with one attached hydrogen (secondary N) is 1. The van der Waals surface area contributed by atoms with Gasteiger partial charge >= 0.3 is 12.0 Å². The monoisotopic (exact) mass is 357 g/mol. The molecule has 1 heterocycles. The number of benzene rings is 2. The summed E-state index contributed by atoms with van der Waals surface area (Å²) in [5.41, 5.74) is 1.57. The van der Waals surface area contributed by atoms with Crippen molar-refractivity contribution >= 4 is 23.4 Å². The lowest BCUT2D eigenvalue weighted by atomic mass is 10.1. The third kappa shape index (κ3) is 3.93. The highest BCUT2D eigenvalue weighted by Gasteiger charge is 2.22. The topological polar surface area (TPSA) is 61.9 Å². The van der Waals surface area contributed by atoms with Gasteiger partial charge in [0.05, 0.1) is 18.4 Å². The van der Waals surface area contributed by atoms with E-state index >= 15 is 0 Å². The first-order chi connectivity index (χ1) is 12.6. The lowest BCUT2D eigenvalue weighted by molar-refractivity contribution is 0.0600. The van der Waals surface area contributed by atoms with E-state index in [-0.39, 0.29) is 17.7 Å². The summed E-state index contributed by atoms with van der Waals surface area (Å²) in [4.78, 5) is 27.7. The van der Waals surface area contributed by atoms with Crippen LogP contribution in [-0.2, 0) is 4.74 Å². The van der Waals surface area contributed by atoms with Crippen molar-refractivity contribution in [3.8, 4) is 0 Å². The van der Waals surface area contributed by atoms with Crippen molar-refractivity contribution in [2.24, 2.45) is 0 Å². The first-order valence-electron chi connectivity index (χ1n) is 8.32. The van der Waals surface area contributed by atoms with Crippen molar-refractivity contribution in [3.05, 3.63) is 59.9 Å². The molecule has 136 valence electrons. The molecule has 2 aromatic rings. The van der Waals surface area contributed by atoms with Crippen LogP contribution >= 0.6 is 0 Å². The minimum absolute atomic E-state index is 0.172. The van der Waals surface area contributed by atoms with E-state index in [2.05, 4.69) is 10.2 Å². The predicted octanol–water partition coefficient (Wildman–Crippen LogP) is 2.97. The van der Waals surface area contributed by atoms with Crippen molar-refractivity contribution in [2.75, 3.05) is 43.5 Å². The van der Waals surface area contributed by atoms with Crippen LogP contribution in [0, 0.1) is 5.82 Å². The van der Waals surface area contributed by atoms with Gasteiger partial charge in [-0.2, -0.15) is 0 Å². The highest BCUT2D eigenvalue weighted by molar-refractivity contribution is 5.91. The molecule has 0 bridgehead atoms. The van der Waals surface area contributed by atoms with Crippen LogP contribution in [-0.4, -0.2) is 50.2 Å². The normalized spacial score (nSPS) is 14.1. The number of esters is 1. The molecule has 1 saturated heterocycles. The predicted molar refractivity (Wildman–Crippen MR) is 97.0 cm³/mol. The van der Waals surface area contributed by atoms with Gasteiger partial charge in [-0.3, -0.25) is 0 Å². The number of hydrogen-bond donors (Lipinski definition) is 1. The molecule has 6 nitrogen and oxygen atoms in total. The van der Waals surface area contributed by atoms with Crippen LogP contribution in [0.15, 0.2) is 48.5 Å². The minimum atomic E-state index is -0.459. The molecule has 0 unspecified atom stereocenters. The smallest absolute Gasteiger partial charge is 0.337 e. The molecule has 0 saturated carbocycles. The van der Waals surface area contributed by atoms with Gasteiger partial charge in [0.1, 0.15) is 5.82 Å². The molecule has 1 aliphatic rings. The Kier molecular flexibility index (Phi) is 5.36. The van der Waals surface area contributed by atoms with E-state index in [1.54, 1.807) is 35.2 Å². The number of halogens is 1. The van der Waals surface area contributed by atoms with Crippen LogP contribution in [0.25, 0.3) is 0 Å². The zero-order valence-electron chi connectivity index (χ0n) is 14.4. The number of anilines is 2. The zero-order chi connectivity index (χ0) is 18.5. The van der Waals surface area contributed by atoms with Crippen molar-refractivity contribution in [1.82, 2.24) is 4.90 Å². The maximum atomic E-state index is 13.7. The summed E-state index contributed by atoms with van der Waals surface area (Å²) in [6.07, 6.45) is 0. The quantitative estimate of drug-likeness (QED) is 0.858. The molecule has 7 heteroatoms. The fourth-order valence-electron chi connectivity index (χ4n) is 2.87. The number of amides is 2. The second-order valence-corrected chi connectivity index (χ2v) is 5.93. The molecular formula is C19H20FN3O3. The van der Waals surface area contributed by atoms with E-state index < -0.39 is 5.82 Å². The van der Waals surface area contributed by atoms with Crippen molar-refractivity contribution in [1.29, 1.82) is 0 Å². The van der Waals surface area contributed by atoms with Gasteiger partial charge in [-0.1, -0.05) is 18.2 Å². The van der Waals surface area contributed by atoms with Gasteiger partial charge < -0.3 is 19.9 Å². The summed E-state index contributed by atoms with van der Waals surface area (Å²) in [6.45, 7) is 2.25. The van der Waals surface area contributed by atoms with Gasteiger partial charge in [-0.05, 0) is 30.3 Å². The van der Waals surface area contributed by atoms with E-state index in [9.17, 15) is 14.0 Å². The summed E-state index contributed by atoms with van der Waals surface area (Å²) in [7, 11) is 1.35. The second kappa shape index (κ2) is 7.86. The Balaban J connectivity index is 1.60. The van der Waals surface area contributed by atoms with Crippen LogP contribution in [0.5, 0.6) is 0 Å². The summed E-state index contributed by atoms with van der Waals surface area (Å²) < 4.78 is 18.4. The van der Waals surface area contributed by atoms with E-state index in [0.29, 0.717) is 31.7 Å². The molecule has 1 fully saturated rings. The van der Waals surface area contributed by atoms with Gasteiger partial charge in [0.15, 0.2) is 0 Å². The van der Waals surface area contributed by atoms with Crippen molar-refractivity contribution < 1.29 is 18.7 Å². The largest absolute Gasteiger partial charge is 0.465 e. The minimum Gasteiger partial charge on any atom is -0.465 e. The number of piperazine rings is 1. The zero-order valence-corrected chi connectivity index (χ0v) is 14.4. The molecule has 26 heavy (non-hydrogen) atoms. The van der Waals surface area contributed by atoms with E-state index in [0.717, 1.165) is 5.69 Å². The number of carbonyl (C=O) groups is 2. The molecule has 2 aromatic carbocycles. The number of hydrogen-bond acceptors (Lipinski definition) is 4. The molecule has 0 atom stereocenters. The summed E-state index contributed by atoms with van der Waals surface area (Å²) >= 11 is 0. The summed E-state index contributed by atoms with van der Waals surface area (Å²) in [6, 6.07) is 13.0. The Bertz CT molecular complexity index is 804. The Morgan fingerprint density at radius 3 is 2.46 bits per heavy atom. The van der Waals surface area contributed by atoms with Gasteiger partial charge in [0.25, 0.3) is 0 Å².